The Hall–Kier alpha value is 0.736. The van der Waals surface area contributed by atoms with E-state index in [4.69, 9.17) is 0 Å². The number of hydrogen-bond donors (Lipinski definition) is 1. The number of hydrogen-bond acceptors (Lipinski definition) is 2. The van der Waals surface area contributed by atoms with Crippen molar-refractivity contribution in [1.82, 2.24) is 4.90 Å². The molecule has 1 unspecified atom stereocenters. The molecule has 1 atom stereocenters. The number of benzene rings is 1. The molecular weight excluding hydrogens is 311 g/mol. The Bertz CT molecular complexity index is 331. The van der Waals surface area contributed by atoms with Gasteiger partial charge in [-0.25, -0.2) is 0 Å². The molecule has 3 nitrogen and oxygen atoms in total. The van der Waals surface area contributed by atoms with Crippen LogP contribution in [0.25, 0.3) is 5.32 Å². The van der Waals surface area contributed by atoms with Crippen LogP contribution in [0.4, 0.5) is 0 Å². The molecule has 1 aromatic carbocycles. The SMILES string of the molecule is CCC.CCC[N-]CC.OC1CCN(Cc2ccccc2)C1.[K+]. The summed E-state index contributed by atoms with van der Waals surface area (Å²) < 4.78 is 0. The zero-order chi connectivity index (χ0) is 16.6. The molecule has 128 valence electrons. The molecule has 1 heterocycles. The minimum atomic E-state index is -0.108. The van der Waals surface area contributed by atoms with E-state index >= 15 is 0 Å². The van der Waals surface area contributed by atoms with Gasteiger partial charge in [-0.3, -0.25) is 4.90 Å². The fraction of sp³-hybridized carbons (Fsp3) is 0.684. The van der Waals surface area contributed by atoms with Gasteiger partial charge < -0.3 is 10.4 Å². The maximum Gasteiger partial charge on any atom is 1.00 e. The molecule has 4 heteroatoms. The molecular formula is C19H35KN2O. The summed E-state index contributed by atoms with van der Waals surface area (Å²) in [5, 5.41) is 13.4. The van der Waals surface area contributed by atoms with Crippen LogP contribution in [-0.4, -0.2) is 42.3 Å². The van der Waals surface area contributed by atoms with Gasteiger partial charge >= 0.3 is 51.4 Å². The summed E-state index contributed by atoms with van der Waals surface area (Å²) >= 11 is 0. The Kier molecular flexibility index (Phi) is 21.5. The number of β-amino-alcohol motifs (C(OH)–C–C–N with tert-alkyl or cyclic N) is 1. The quantitative estimate of drug-likeness (QED) is 0.647. The van der Waals surface area contributed by atoms with Crippen molar-refractivity contribution >= 4 is 0 Å². The molecule has 0 saturated carbocycles. The number of rotatable bonds is 5. The summed E-state index contributed by atoms with van der Waals surface area (Å²) in [6.07, 6.45) is 3.25. The van der Waals surface area contributed by atoms with E-state index in [1.165, 1.54) is 18.4 Å². The number of likely N-dealkylation sites (tertiary alicyclic amines) is 1. The molecule has 0 aromatic heterocycles. The van der Waals surface area contributed by atoms with Crippen LogP contribution in [0.3, 0.4) is 0 Å². The first-order valence-electron chi connectivity index (χ1n) is 8.75. The van der Waals surface area contributed by atoms with E-state index in [9.17, 15) is 5.11 Å². The summed E-state index contributed by atoms with van der Waals surface area (Å²) in [5.74, 6) is 0. The molecule has 1 aliphatic heterocycles. The van der Waals surface area contributed by atoms with Crippen LogP contribution in [-0.2, 0) is 6.54 Å². The van der Waals surface area contributed by atoms with Crippen LogP contribution in [0.15, 0.2) is 30.3 Å². The molecule has 2 rings (SSSR count). The molecule has 0 amide bonds. The maximum absolute atomic E-state index is 9.34. The summed E-state index contributed by atoms with van der Waals surface area (Å²) in [6.45, 7) is 13.3. The number of nitrogens with zero attached hydrogens (tertiary/aromatic N) is 2. The first-order chi connectivity index (χ1) is 10.7. The van der Waals surface area contributed by atoms with Crippen molar-refractivity contribution in [3.63, 3.8) is 0 Å². The van der Waals surface area contributed by atoms with E-state index in [1.807, 2.05) is 6.07 Å². The normalized spacial score (nSPS) is 16.5. The van der Waals surface area contributed by atoms with E-state index in [1.54, 1.807) is 0 Å². The molecule has 1 aromatic rings. The molecule has 0 radical (unpaired) electrons. The number of aliphatic hydroxyl groups is 1. The fourth-order valence-electron chi connectivity index (χ4n) is 2.11. The van der Waals surface area contributed by atoms with Gasteiger partial charge in [0.15, 0.2) is 0 Å². The smallest absolute Gasteiger partial charge is 0.662 e. The Morgan fingerprint density at radius 2 is 1.74 bits per heavy atom. The van der Waals surface area contributed by atoms with E-state index in [0.29, 0.717) is 0 Å². The summed E-state index contributed by atoms with van der Waals surface area (Å²) in [7, 11) is 0. The largest absolute Gasteiger partial charge is 1.00 e. The van der Waals surface area contributed by atoms with E-state index < -0.39 is 0 Å². The monoisotopic (exact) mass is 346 g/mol. The van der Waals surface area contributed by atoms with Gasteiger partial charge in [0, 0.05) is 19.6 Å². The van der Waals surface area contributed by atoms with Crippen molar-refractivity contribution in [3.8, 4) is 0 Å². The molecule has 1 saturated heterocycles. The Balaban J connectivity index is 0. The van der Waals surface area contributed by atoms with Gasteiger partial charge in [0.05, 0.1) is 6.10 Å². The van der Waals surface area contributed by atoms with Crippen LogP contribution in [0.2, 0.25) is 0 Å². The van der Waals surface area contributed by atoms with Gasteiger partial charge in [-0.15, -0.1) is 6.54 Å². The van der Waals surface area contributed by atoms with Crippen molar-refractivity contribution in [3.05, 3.63) is 41.2 Å². The third kappa shape index (κ3) is 16.0. The Morgan fingerprint density at radius 1 is 1.13 bits per heavy atom. The van der Waals surface area contributed by atoms with Gasteiger partial charge in [0.25, 0.3) is 0 Å². The average Bonchev–Trinajstić information content (AvgIpc) is 2.93. The molecule has 1 aliphatic rings. The zero-order valence-electron chi connectivity index (χ0n) is 16.0. The second-order valence-electron chi connectivity index (χ2n) is 5.63. The molecule has 1 fully saturated rings. The minimum Gasteiger partial charge on any atom is -0.662 e. The Morgan fingerprint density at radius 3 is 2.13 bits per heavy atom. The first kappa shape index (κ1) is 26.0. The predicted octanol–water partition coefficient (Wildman–Crippen LogP) is 1.46. The van der Waals surface area contributed by atoms with E-state index in [0.717, 1.165) is 39.1 Å². The van der Waals surface area contributed by atoms with Gasteiger partial charge in [-0.05, 0) is 12.0 Å². The third-order valence-corrected chi connectivity index (χ3v) is 3.10. The molecule has 0 bridgehead atoms. The second-order valence-corrected chi connectivity index (χ2v) is 5.63. The summed E-state index contributed by atoms with van der Waals surface area (Å²) in [5.41, 5.74) is 1.33. The molecule has 0 aliphatic carbocycles. The standard InChI is InChI=1S/C11H15NO.C5H12N.C3H8.K/c13-11-6-7-12(9-11)8-10-4-2-1-3-5-10;1-3-5-6-4-2;1-3-2;/h1-5,11,13H,6-9H2;3-5H2,1-2H3;3H2,1-2H3;/q;-1;;+1. The van der Waals surface area contributed by atoms with Crippen LogP contribution in [0, 0.1) is 0 Å². The van der Waals surface area contributed by atoms with Crippen molar-refractivity contribution in [1.29, 1.82) is 0 Å². The van der Waals surface area contributed by atoms with Crippen LogP contribution in [0.5, 0.6) is 0 Å². The molecule has 23 heavy (non-hydrogen) atoms. The minimum absolute atomic E-state index is 0. The van der Waals surface area contributed by atoms with Crippen molar-refractivity contribution in [2.24, 2.45) is 0 Å². The van der Waals surface area contributed by atoms with Gasteiger partial charge in [-0.1, -0.05) is 70.9 Å². The Labute approximate surface area is 186 Å². The number of aliphatic hydroxyl groups excluding tert-OH is 1. The van der Waals surface area contributed by atoms with Crippen molar-refractivity contribution in [2.75, 3.05) is 26.2 Å². The van der Waals surface area contributed by atoms with Crippen molar-refractivity contribution in [2.45, 2.75) is 59.6 Å². The molecule has 1 N–H and O–H groups in total. The topological polar surface area (TPSA) is 37.6 Å². The van der Waals surface area contributed by atoms with Gasteiger partial charge in [0.1, 0.15) is 0 Å². The first-order valence-corrected chi connectivity index (χ1v) is 8.75. The summed E-state index contributed by atoms with van der Waals surface area (Å²) in [6, 6.07) is 10.4. The van der Waals surface area contributed by atoms with Crippen LogP contribution >= 0.6 is 0 Å². The third-order valence-electron chi connectivity index (χ3n) is 3.10. The average molecular weight is 347 g/mol. The van der Waals surface area contributed by atoms with Crippen molar-refractivity contribution < 1.29 is 56.5 Å². The fourth-order valence-corrected chi connectivity index (χ4v) is 2.11. The van der Waals surface area contributed by atoms with Gasteiger partial charge in [0.2, 0.25) is 0 Å². The van der Waals surface area contributed by atoms with Crippen LogP contribution in [0.1, 0.15) is 52.5 Å². The predicted molar refractivity (Wildman–Crippen MR) is 97.4 cm³/mol. The second kappa shape index (κ2) is 19.1. The van der Waals surface area contributed by atoms with E-state index in [-0.39, 0.29) is 57.5 Å². The van der Waals surface area contributed by atoms with Crippen LogP contribution < -0.4 is 51.4 Å². The zero-order valence-corrected chi connectivity index (χ0v) is 19.1. The molecule has 0 spiro atoms. The van der Waals surface area contributed by atoms with Gasteiger partial charge in [-0.2, -0.15) is 6.54 Å². The maximum atomic E-state index is 9.34. The summed E-state index contributed by atoms with van der Waals surface area (Å²) in [4.78, 5) is 2.29. The van der Waals surface area contributed by atoms with E-state index in [2.05, 4.69) is 62.2 Å².